The Hall–Kier alpha value is -1.46. The molecule has 2 heterocycles. The first-order valence-corrected chi connectivity index (χ1v) is 6.14. The Kier molecular flexibility index (Phi) is 2.80. The van der Waals surface area contributed by atoms with Crippen LogP contribution in [-0.2, 0) is 4.74 Å². The van der Waals surface area contributed by atoms with Gasteiger partial charge < -0.3 is 25.3 Å². The van der Waals surface area contributed by atoms with E-state index in [9.17, 15) is 0 Å². The quantitative estimate of drug-likeness (QED) is 0.838. The molecule has 5 heteroatoms. The molecule has 1 aromatic carbocycles. The summed E-state index contributed by atoms with van der Waals surface area (Å²) in [5.41, 5.74) is 8.10. The molecule has 0 saturated carbocycles. The summed E-state index contributed by atoms with van der Waals surface area (Å²) in [7, 11) is 0. The molecular formula is C13H18N2O3. The van der Waals surface area contributed by atoms with Gasteiger partial charge in [-0.05, 0) is 18.6 Å². The summed E-state index contributed by atoms with van der Waals surface area (Å²) in [6.07, 6.45) is 0. The van der Waals surface area contributed by atoms with E-state index >= 15 is 0 Å². The maximum Gasteiger partial charge on any atom is 0.231 e. The number of benzene rings is 1. The minimum Gasteiger partial charge on any atom is -0.454 e. The molecule has 2 aliphatic rings. The highest BCUT2D eigenvalue weighted by Crippen LogP contribution is 2.37. The van der Waals surface area contributed by atoms with E-state index in [-0.39, 0.29) is 5.41 Å². The van der Waals surface area contributed by atoms with Crippen molar-refractivity contribution in [3.8, 4) is 11.5 Å². The van der Waals surface area contributed by atoms with Gasteiger partial charge in [-0.15, -0.1) is 0 Å². The number of anilines is 1. The van der Waals surface area contributed by atoms with E-state index in [1.54, 1.807) is 0 Å². The SMILES string of the molecule is Cc1cc2c(cc1NCC1(CN)COC1)OCO2. The Morgan fingerprint density at radius 2 is 2.00 bits per heavy atom. The second-order valence-electron chi connectivity index (χ2n) is 5.07. The third kappa shape index (κ3) is 1.89. The highest BCUT2D eigenvalue weighted by molar-refractivity contribution is 5.60. The van der Waals surface area contributed by atoms with Gasteiger partial charge in [0.25, 0.3) is 0 Å². The zero-order valence-electron chi connectivity index (χ0n) is 10.5. The van der Waals surface area contributed by atoms with E-state index in [0.717, 1.165) is 42.5 Å². The van der Waals surface area contributed by atoms with Crippen molar-refractivity contribution >= 4 is 5.69 Å². The average molecular weight is 250 g/mol. The van der Waals surface area contributed by atoms with Gasteiger partial charge in [0, 0.05) is 30.3 Å². The van der Waals surface area contributed by atoms with E-state index < -0.39 is 0 Å². The molecule has 0 atom stereocenters. The van der Waals surface area contributed by atoms with Crippen LogP contribution in [0.2, 0.25) is 0 Å². The summed E-state index contributed by atoms with van der Waals surface area (Å²) in [6, 6.07) is 3.98. The van der Waals surface area contributed by atoms with E-state index in [0.29, 0.717) is 13.3 Å². The van der Waals surface area contributed by atoms with Crippen LogP contribution in [0.5, 0.6) is 11.5 Å². The first kappa shape index (κ1) is 11.6. The summed E-state index contributed by atoms with van der Waals surface area (Å²) in [5, 5.41) is 3.44. The van der Waals surface area contributed by atoms with Crippen LogP contribution in [0.15, 0.2) is 12.1 Å². The standard InChI is InChI=1S/C13H18N2O3/c1-9-2-11-12(18-8-17-11)3-10(9)15-5-13(4-14)6-16-7-13/h2-3,15H,4-8,14H2,1H3. The minimum absolute atomic E-state index is 0.0861. The molecule has 0 bridgehead atoms. The molecule has 18 heavy (non-hydrogen) atoms. The lowest BCUT2D eigenvalue weighted by molar-refractivity contribution is -0.0979. The predicted molar refractivity (Wildman–Crippen MR) is 68.1 cm³/mol. The van der Waals surface area contributed by atoms with E-state index in [2.05, 4.69) is 12.2 Å². The number of fused-ring (bicyclic) bond motifs is 1. The van der Waals surface area contributed by atoms with Crippen molar-refractivity contribution in [1.82, 2.24) is 0 Å². The molecule has 3 N–H and O–H groups in total. The molecule has 0 radical (unpaired) electrons. The minimum atomic E-state index is 0.0861. The van der Waals surface area contributed by atoms with Crippen molar-refractivity contribution in [2.75, 3.05) is 38.4 Å². The summed E-state index contributed by atoms with van der Waals surface area (Å²) in [4.78, 5) is 0. The van der Waals surface area contributed by atoms with Crippen LogP contribution < -0.4 is 20.5 Å². The molecule has 0 unspecified atom stereocenters. The van der Waals surface area contributed by atoms with Crippen molar-refractivity contribution in [3.05, 3.63) is 17.7 Å². The Balaban J connectivity index is 1.73. The van der Waals surface area contributed by atoms with Gasteiger partial charge in [-0.25, -0.2) is 0 Å². The van der Waals surface area contributed by atoms with Crippen molar-refractivity contribution in [1.29, 1.82) is 0 Å². The molecule has 5 nitrogen and oxygen atoms in total. The zero-order chi connectivity index (χ0) is 12.6. The van der Waals surface area contributed by atoms with Crippen LogP contribution in [0.25, 0.3) is 0 Å². The van der Waals surface area contributed by atoms with Crippen molar-refractivity contribution in [3.63, 3.8) is 0 Å². The Morgan fingerprint density at radius 3 is 2.61 bits per heavy atom. The topological polar surface area (TPSA) is 65.7 Å². The molecular weight excluding hydrogens is 232 g/mol. The van der Waals surface area contributed by atoms with Gasteiger partial charge in [0.1, 0.15) is 0 Å². The highest BCUT2D eigenvalue weighted by atomic mass is 16.7. The van der Waals surface area contributed by atoms with Crippen LogP contribution in [0.4, 0.5) is 5.69 Å². The normalized spacial score (nSPS) is 19.4. The molecule has 1 fully saturated rings. The van der Waals surface area contributed by atoms with Crippen LogP contribution >= 0.6 is 0 Å². The third-order valence-electron chi connectivity index (χ3n) is 3.62. The van der Waals surface area contributed by atoms with E-state index in [4.69, 9.17) is 19.9 Å². The van der Waals surface area contributed by atoms with Gasteiger partial charge in [-0.3, -0.25) is 0 Å². The fourth-order valence-electron chi connectivity index (χ4n) is 2.20. The van der Waals surface area contributed by atoms with Gasteiger partial charge in [0.05, 0.1) is 13.2 Å². The van der Waals surface area contributed by atoms with Crippen LogP contribution in [0.1, 0.15) is 5.56 Å². The summed E-state index contributed by atoms with van der Waals surface area (Å²) < 4.78 is 16.0. The highest BCUT2D eigenvalue weighted by Gasteiger charge is 2.37. The van der Waals surface area contributed by atoms with Crippen LogP contribution in [0.3, 0.4) is 0 Å². The van der Waals surface area contributed by atoms with E-state index in [1.165, 1.54) is 0 Å². The predicted octanol–water partition coefficient (Wildman–Crippen LogP) is 1.11. The maximum absolute atomic E-state index is 5.80. The molecule has 3 rings (SSSR count). The number of aryl methyl sites for hydroxylation is 1. The number of rotatable bonds is 4. The fraction of sp³-hybridized carbons (Fsp3) is 0.538. The van der Waals surface area contributed by atoms with Crippen LogP contribution in [-0.4, -0.2) is 33.1 Å². The second-order valence-corrected chi connectivity index (χ2v) is 5.07. The summed E-state index contributed by atoms with van der Waals surface area (Å²) >= 11 is 0. The van der Waals surface area contributed by atoms with Gasteiger partial charge in [0.2, 0.25) is 6.79 Å². The lowest BCUT2D eigenvalue weighted by Crippen LogP contribution is -2.52. The molecule has 0 amide bonds. The monoisotopic (exact) mass is 250 g/mol. The zero-order valence-corrected chi connectivity index (χ0v) is 10.5. The van der Waals surface area contributed by atoms with Crippen LogP contribution in [0, 0.1) is 12.3 Å². The van der Waals surface area contributed by atoms with Crippen molar-refractivity contribution in [2.45, 2.75) is 6.92 Å². The molecule has 1 aromatic rings. The summed E-state index contributed by atoms with van der Waals surface area (Å²) in [6.45, 7) is 5.29. The molecule has 1 saturated heterocycles. The molecule has 98 valence electrons. The first-order valence-electron chi connectivity index (χ1n) is 6.14. The summed E-state index contributed by atoms with van der Waals surface area (Å²) in [5.74, 6) is 1.62. The molecule has 2 aliphatic heterocycles. The number of nitrogens with two attached hydrogens (primary N) is 1. The first-order chi connectivity index (χ1) is 8.72. The number of hydrogen-bond donors (Lipinski definition) is 2. The Morgan fingerprint density at radius 1 is 1.28 bits per heavy atom. The van der Waals surface area contributed by atoms with Crippen molar-refractivity contribution in [2.24, 2.45) is 11.1 Å². The van der Waals surface area contributed by atoms with Gasteiger partial charge in [-0.1, -0.05) is 0 Å². The lowest BCUT2D eigenvalue weighted by Gasteiger charge is -2.40. The van der Waals surface area contributed by atoms with Gasteiger partial charge >= 0.3 is 0 Å². The molecule has 0 aliphatic carbocycles. The Bertz CT molecular complexity index is 452. The smallest absolute Gasteiger partial charge is 0.231 e. The molecule has 0 spiro atoms. The fourth-order valence-corrected chi connectivity index (χ4v) is 2.20. The van der Waals surface area contributed by atoms with Gasteiger partial charge in [0.15, 0.2) is 11.5 Å². The van der Waals surface area contributed by atoms with Crippen molar-refractivity contribution < 1.29 is 14.2 Å². The number of nitrogens with one attached hydrogen (secondary N) is 1. The molecule has 0 aromatic heterocycles. The number of hydrogen-bond acceptors (Lipinski definition) is 5. The lowest BCUT2D eigenvalue weighted by atomic mass is 9.86. The number of ether oxygens (including phenoxy) is 3. The average Bonchev–Trinajstić information content (AvgIpc) is 2.75. The maximum atomic E-state index is 5.80. The Labute approximate surface area is 106 Å². The van der Waals surface area contributed by atoms with E-state index in [1.807, 2.05) is 12.1 Å². The van der Waals surface area contributed by atoms with Gasteiger partial charge in [-0.2, -0.15) is 0 Å². The second kappa shape index (κ2) is 4.33. The largest absolute Gasteiger partial charge is 0.454 e. The third-order valence-corrected chi connectivity index (χ3v) is 3.62.